The molecular formula is C12H17Cl2F2NO. The molecule has 1 rings (SSSR count). The summed E-state index contributed by atoms with van der Waals surface area (Å²) in [6.45, 7) is 3.67. The third-order valence-electron chi connectivity index (χ3n) is 3.01. The minimum Gasteiger partial charge on any atom is -0.391 e. The Morgan fingerprint density at radius 1 is 1.33 bits per heavy atom. The first-order valence-corrected chi connectivity index (χ1v) is 5.85. The zero-order valence-electron chi connectivity index (χ0n) is 10.2. The SMILES string of the molecule is CCC(C)[C@@H](O)[C@@H](N)c1c(F)ccc(F)c1Cl.Cl. The molecule has 3 atom stereocenters. The van der Waals surface area contributed by atoms with Gasteiger partial charge in [0.1, 0.15) is 11.6 Å². The van der Waals surface area contributed by atoms with Gasteiger partial charge in [0.15, 0.2) is 0 Å². The molecule has 104 valence electrons. The van der Waals surface area contributed by atoms with Crippen LogP contribution < -0.4 is 5.73 Å². The highest BCUT2D eigenvalue weighted by atomic mass is 35.5. The standard InChI is InChI=1S/C12H16ClF2NO.ClH/c1-3-6(2)12(17)11(16)9-7(14)4-5-8(15)10(9)13;/h4-6,11-12,17H,3,16H2,1-2H3;1H/t6?,11-,12+;/m0./s1. The molecule has 0 saturated heterocycles. The van der Waals surface area contributed by atoms with Crippen LogP contribution in [0.3, 0.4) is 0 Å². The molecule has 0 fully saturated rings. The molecule has 0 saturated carbocycles. The Balaban J connectivity index is 0.00000289. The van der Waals surface area contributed by atoms with Gasteiger partial charge in [-0.15, -0.1) is 12.4 Å². The molecule has 1 unspecified atom stereocenters. The topological polar surface area (TPSA) is 46.2 Å². The van der Waals surface area contributed by atoms with Crippen molar-refractivity contribution in [2.75, 3.05) is 0 Å². The van der Waals surface area contributed by atoms with Crippen molar-refractivity contribution in [1.29, 1.82) is 0 Å². The normalized spacial score (nSPS) is 15.7. The predicted octanol–water partition coefficient (Wildman–Crippen LogP) is 3.45. The summed E-state index contributed by atoms with van der Waals surface area (Å²) in [5.74, 6) is -1.56. The second-order valence-electron chi connectivity index (χ2n) is 4.16. The second-order valence-corrected chi connectivity index (χ2v) is 4.54. The van der Waals surface area contributed by atoms with Gasteiger partial charge in [-0.2, -0.15) is 0 Å². The van der Waals surface area contributed by atoms with E-state index in [1.165, 1.54) is 0 Å². The van der Waals surface area contributed by atoms with E-state index < -0.39 is 23.8 Å². The van der Waals surface area contributed by atoms with Crippen molar-refractivity contribution in [3.63, 3.8) is 0 Å². The molecule has 2 nitrogen and oxygen atoms in total. The monoisotopic (exact) mass is 299 g/mol. The average Bonchev–Trinajstić information content (AvgIpc) is 2.32. The van der Waals surface area contributed by atoms with Crippen molar-refractivity contribution >= 4 is 24.0 Å². The third kappa shape index (κ3) is 3.54. The van der Waals surface area contributed by atoms with Gasteiger partial charge in [0.2, 0.25) is 0 Å². The van der Waals surface area contributed by atoms with Crippen LogP contribution in [0.1, 0.15) is 31.9 Å². The number of nitrogens with two attached hydrogens (primary N) is 1. The maximum atomic E-state index is 13.6. The number of halogens is 4. The van der Waals surface area contributed by atoms with E-state index in [9.17, 15) is 13.9 Å². The second kappa shape index (κ2) is 7.24. The summed E-state index contributed by atoms with van der Waals surface area (Å²) in [4.78, 5) is 0. The fourth-order valence-electron chi connectivity index (χ4n) is 1.61. The first-order chi connectivity index (χ1) is 7.90. The van der Waals surface area contributed by atoms with Crippen LogP contribution in [0.15, 0.2) is 12.1 Å². The van der Waals surface area contributed by atoms with Gasteiger partial charge in [-0.25, -0.2) is 8.78 Å². The smallest absolute Gasteiger partial charge is 0.142 e. The van der Waals surface area contributed by atoms with Crippen molar-refractivity contribution in [2.45, 2.75) is 32.4 Å². The molecule has 0 amide bonds. The Morgan fingerprint density at radius 2 is 1.83 bits per heavy atom. The molecule has 0 spiro atoms. The number of hydrogen-bond donors (Lipinski definition) is 2. The van der Waals surface area contributed by atoms with Crippen molar-refractivity contribution < 1.29 is 13.9 Å². The van der Waals surface area contributed by atoms with Gasteiger partial charge >= 0.3 is 0 Å². The van der Waals surface area contributed by atoms with Crippen LogP contribution in [0.25, 0.3) is 0 Å². The van der Waals surface area contributed by atoms with E-state index in [0.29, 0.717) is 6.42 Å². The highest BCUT2D eigenvalue weighted by molar-refractivity contribution is 6.31. The van der Waals surface area contributed by atoms with E-state index >= 15 is 0 Å². The van der Waals surface area contributed by atoms with E-state index in [1.807, 2.05) is 6.92 Å². The third-order valence-corrected chi connectivity index (χ3v) is 3.39. The van der Waals surface area contributed by atoms with E-state index in [0.717, 1.165) is 12.1 Å². The molecule has 0 aliphatic rings. The number of benzene rings is 1. The van der Waals surface area contributed by atoms with Gasteiger partial charge < -0.3 is 10.8 Å². The zero-order valence-corrected chi connectivity index (χ0v) is 11.7. The molecule has 18 heavy (non-hydrogen) atoms. The Labute approximate surface area is 117 Å². The van der Waals surface area contributed by atoms with Crippen molar-refractivity contribution in [1.82, 2.24) is 0 Å². The number of aliphatic hydroxyl groups is 1. The van der Waals surface area contributed by atoms with E-state index in [1.54, 1.807) is 6.92 Å². The molecule has 6 heteroatoms. The van der Waals surface area contributed by atoms with Crippen molar-refractivity contribution in [3.05, 3.63) is 34.4 Å². The molecular weight excluding hydrogens is 283 g/mol. The lowest BCUT2D eigenvalue weighted by Gasteiger charge is -2.25. The average molecular weight is 300 g/mol. The summed E-state index contributed by atoms with van der Waals surface area (Å²) in [5.41, 5.74) is 5.58. The lowest BCUT2D eigenvalue weighted by atomic mass is 9.91. The van der Waals surface area contributed by atoms with Crippen LogP contribution in [0, 0.1) is 17.6 Å². The first-order valence-electron chi connectivity index (χ1n) is 5.47. The quantitative estimate of drug-likeness (QED) is 0.837. The van der Waals surface area contributed by atoms with Gasteiger partial charge in [0, 0.05) is 5.56 Å². The van der Waals surface area contributed by atoms with Crippen LogP contribution in [0.4, 0.5) is 8.78 Å². The van der Waals surface area contributed by atoms with Crippen LogP contribution in [0.2, 0.25) is 5.02 Å². The molecule has 1 aromatic carbocycles. The van der Waals surface area contributed by atoms with Crippen LogP contribution in [-0.2, 0) is 0 Å². The summed E-state index contributed by atoms with van der Waals surface area (Å²) in [7, 11) is 0. The van der Waals surface area contributed by atoms with Gasteiger partial charge in [-0.1, -0.05) is 31.9 Å². The van der Waals surface area contributed by atoms with Gasteiger partial charge in [0.05, 0.1) is 17.2 Å². The van der Waals surface area contributed by atoms with E-state index in [4.69, 9.17) is 17.3 Å². The predicted molar refractivity (Wildman–Crippen MR) is 71.0 cm³/mol. The van der Waals surface area contributed by atoms with Crippen LogP contribution >= 0.6 is 24.0 Å². The highest BCUT2D eigenvalue weighted by Crippen LogP contribution is 2.31. The molecule has 0 radical (unpaired) electrons. The summed E-state index contributed by atoms with van der Waals surface area (Å²) in [6.07, 6.45) is -0.280. The molecule has 3 N–H and O–H groups in total. The first kappa shape index (κ1) is 17.6. The van der Waals surface area contributed by atoms with Gasteiger partial charge in [-0.05, 0) is 18.1 Å². The number of hydrogen-bond acceptors (Lipinski definition) is 2. The van der Waals surface area contributed by atoms with E-state index in [2.05, 4.69) is 0 Å². The van der Waals surface area contributed by atoms with Crippen LogP contribution in [0.5, 0.6) is 0 Å². The summed E-state index contributed by atoms with van der Waals surface area (Å²) in [5, 5.41) is 9.55. The summed E-state index contributed by atoms with van der Waals surface area (Å²) >= 11 is 5.68. The lowest BCUT2D eigenvalue weighted by Crippen LogP contribution is -2.32. The molecule has 0 aromatic heterocycles. The fourth-order valence-corrected chi connectivity index (χ4v) is 1.89. The minimum absolute atomic E-state index is 0. The largest absolute Gasteiger partial charge is 0.391 e. The Hall–Kier alpha value is -0.420. The molecule has 0 bridgehead atoms. The molecule has 1 aromatic rings. The highest BCUT2D eigenvalue weighted by Gasteiger charge is 2.27. The minimum atomic E-state index is -1.03. The van der Waals surface area contributed by atoms with E-state index in [-0.39, 0.29) is 28.9 Å². The van der Waals surface area contributed by atoms with Gasteiger partial charge in [0.25, 0.3) is 0 Å². The lowest BCUT2D eigenvalue weighted by molar-refractivity contribution is 0.0867. The number of aliphatic hydroxyl groups excluding tert-OH is 1. The van der Waals surface area contributed by atoms with Crippen LogP contribution in [-0.4, -0.2) is 11.2 Å². The Kier molecular flexibility index (Phi) is 7.07. The fraction of sp³-hybridized carbons (Fsp3) is 0.500. The zero-order chi connectivity index (χ0) is 13.2. The maximum absolute atomic E-state index is 13.6. The summed E-state index contributed by atoms with van der Waals surface area (Å²) < 4.78 is 26.8. The van der Waals surface area contributed by atoms with Crippen molar-refractivity contribution in [3.8, 4) is 0 Å². The maximum Gasteiger partial charge on any atom is 0.142 e. The molecule has 0 aliphatic carbocycles. The number of rotatable bonds is 4. The Bertz CT molecular complexity index is 404. The molecule has 0 heterocycles. The van der Waals surface area contributed by atoms with Gasteiger partial charge in [-0.3, -0.25) is 0 Å². The van der Waals surface area contributed by atoms with Crippen molar-refractivity contribution in [2.24, 2.45) is 11.7 Å². The molecule has 0 aliphatic heterocycles. The Morgan fingerprint density at radius 3 is 2.33 bits per heavy atom. The summed E-state index contributed by atoms with van der Waals surface area (Å²) in [6, 6.07) is 0.858.